The van der Waals surface area contributed by atoms with E-state index in [1.54, 1.807) is 0 Å². The van der Waals surface area contributed by atoms with Crippen LogP contribution in [-0.2, 0) is 4.74 Å². The monoisotopic (exact) mass is 299 g/mol. The molecule has 0 radical (unpaired) electrons. The first-order chi connectivity index (χ1) is 5.85. The van der Waals surface area contributed by atoms with Crippen molar-refractivity contribution >= 4 is 28.7 Å². The fourth-order valence-electron chi connectivity index (χ4n) is 0.745. The van der Waals surface area contributed by atoms with Crippen molar-refractivity contribution in [3.05, 3.63) is 0 Å². The average molecular weight is 299 g/mol. The number of carbonyl (C=O) groups excluding carboxylic acids is 1. The normalized spacial score (nSPS) is 13.6. The molecule has 0 aromatic rings. The van der Waals surface area contributed by atoms with Gasteiger partial charge in [-0.2, -0.15) is 0 Å². The molecule has 0 saturated carbocycles. The lowest BCUT2D eigenvalue weighted by Gasteiger charge is -2.21. The van der Waals surface area contributed by atoms with E-state index in [2.05, 4.69) is 27.9 Å². The number of amides is 1. The highest BCUT2D eigenvalue weighted by Crippen LogP contribution is 2.07. The molecule has 0 saturated heterocycles. The molecular formula is C9H18INO2. The number of hydrogen-bond acceptors (Lipinski definition) is 2. The molecule has 1 atom stereocenters. The lowest BCUT2D eigenvalue weighted by molar-refractivity contribution is 0.0508. The minimum Gasteiger partial charge on any atom is -0.444 e. The van der Waals surface area contributed by atoms with E-state index in [9.17, 15) is 4.79 Å². The molecule has 0 aliphatic rings. The molecule has 0 fully saturated rings. The van der Waals surface area contributed by atoms with Crippen LogP contribution in [0.4, 0.5) is 4.79 Å². The van der Waals surface area contributed by atoms with Gasteiger partial charge in [0.05, 0.1) is 0 Å². The highest BCUT2D eigenvalue weighted by molar-refractivity contribution is 14.1. The van der Waals surface area contributed by atoms with E-state index in [4.69, 9.17) is 4.74 Å². The Labute approximate surface area is 93.7 Å². The summed E-state index contributed by atoms with van der Waals surface area (Å²) in [7, 11) is 0. The number of alkyl carbamates (subject to hydrolysis) is 1. The van der Waals surface area contributed by atoms with Crippen molar-refractivity contribution in [3.8, 4) is 0 Å². The van der Waals surface area contributed by atoms with E-state index in [0.717, 1.165) is 10.8 Å². The van der Waals surface area contributed by atoms with Gasteiger partial charge in [0.25, 0.3) is 0 Å². The second-order valence-electron chi connectivity index (χ2n) is 4.02. The van der Waals surface area contributed by atoms with Gasteiger partial charge in [0.1, 0.15) is 5.60 Å². The van der Waals surface area contributed by atoms with Crippen LogP contribution in [0.2, 0.25) is 0 Å². The van der Waals surface area contributed by atoms with E-state index in [0.29, 0.717) is 0 Å². The molecule has 0 aromatic carbocycles. The Hall–Kier alpha value is 0. The summed E-state index contributed by atoms with van der Waals surface area (Å²) >= 11 is 2.29. The third kappa shape index (κ3) is 8.33. The molecule has 4 heteroatoms. The first-order valence-electron chi connectivity index (χ1n) is 4.40. The topological polar surface area (TPSA) is 38.3 Å². The molecule has 0 rings (SSSR count). The number of hydrogen-bond donors (Lipinski definition) is 1. The summed E-state index contributed by atoms with van der Waals surface area (Å²) in [5.41, 5.74) is -0.409. The Bertz CT molecular complexity index is 165. The van der Waals surface area contributed by atoms with E-state index in [1.807, 2.05) is 27.7 Å². The van der Waals surface area contributed by atoms with Crippen LogP contribution >= 0.6 is 22.6 Å². The molecule has 1 N–H and O–H groups in total. The van der Waals surface area contributed by atoms with Gasteiger partial charge in [0.15, 0.2) is 0 Å². The predicted octanol–water partition coefficient (Wildman–Crippen LogP) is 2.72. The standard InChI is InChI=1S/C9H18INO2/c1-7(5-6-10)11-8(12)13-9(2,3)4/h7H,5-6H2,1-4H3,(H,11,12). The fraction of sp³-hybridized carbons (Fsp3) is 0.889. The Morgan fingerprint density at radius 2 is 2.08 bits per heavy atom. The predicted molar refractivity (Wildman–Crippen MR) is 62.3 cm³/mol. The minimum absolute atomic E-state index is 0.187. The molecular weight excluding hydrogens is 281 g/mol. The molecule has 0 bridgehead atoms. The van der Waals surface area contributed by atoms with Gasteiger partial charge in [-0.25, -0.2) is 4.79 Å². The van der Waals surface area contributed by atoms with E-state index in [1.165, 1.54) is 0 Å². The second kappa shape index (κ2) is 5.67. The largest absolute Gasteiger partial charge is 0.444 e. The summed E-state index contributed by atoms with van der Waals surface area (Å²) in [5, 5.41) is 2.77. The number of rotatable bonds is 3. The fourth-order valence-corrected chi connectivity index (χ4v) is 1.68. The van der Waals surface area contributed by atoms with Gasteiger partial charge in [0, 0.05) is 10.5 Å². The van der Waals surface area contributed by atoms with Crippen molar-refractivity contribution in [1.29, 1.82) is 0 Å². The molecule has 78 valence electrons. The summed E-state index contributed by atoms with van der Waals surface area (Å²) in [4.78, 5) is 11.2. The highest BCUT2D eigenvalue weighted by Gasteiger charge is 2.17. The van der Waals surface area contributed by atoms with E-state index >= 15 is 0 Å². The van der Waals surface area contributed by atoms with Crippen LogP contribution in [0, 0.1) is 0 Å². The zero-order chi connectivity index (χ0) is 10.5. The molecule has 1 amide bonds. The van der Waals surface area contributed by atoms with Gasteiger partial charge in [-0.1, -0.05) is 22.6 Å². The highest BCUT2D eigenvalue weighted by atomic mass is 127. The van der Waals surface area contributed by atoms with Crippen molar-refractivity contribution < 1.29 is 9.53 Å². The summed E-state index contributed by atoms with van der Waals surface area (Å²) < 4.78 is 6.14. The van der Waals surface area contributed by atoms with Crippen molar-refractivity contribution in [2.45, 2.75) is 45.8 Å². The third-order valence-electron chi connectivity index (χ3n) is 1.31. The van der Waals surface area contributed by atoms with Crippen LogP contribution in [0.3, 0.4) is 0 Å². The zero-order valence-electron chi connectivity index (χ0n) is 8.69. The SMILES string of the molecule is CC(CCI)NC(=O)OC(C)(C)C. The lowest BCUT2D eigenvalue weighted by Crippen LogP contribution is -2.37. The van der Waals surface area contributed by atoms with Crippen molar-refractivity contribution in [1.82, 2.24) is 5.32 Å². The Kier molecular flexibility index (Phi) is 5.67. The molecule has 13 heavy (non-hydrogen) atoms. The number of ether oxygens (including phenoxy) is 1. The first kappa shape index (κ1) is 13.0. The quantitative estimate of drug-likeness (QED) is 0.643. The molecule has 1 unspecified atom stereocenters. The lowest BCUT2D eigenvalue weighted by atomic mass is 10.2. The van der Waals surface area contributed by atoms with Crippen molar-refractivity contribution in [2.24, 2.45) is 0 Å². The van der Waals surface area contributed by atoms with Gasteiger partial charge in [0.2, 0.25) is 0 Å². The van der Waals surface area contributed by atoms with Gasteiger partial charge < -0.3 is 10.1 Å². The van der Waals surface area contributed by atoms with Crippen LogP contribution in [0.25, 0.3) is 0 Å². The summed E-state index contributed by atoms with van der Waals surface area (Å²) in [6, 6.07) is 0.187. The molecule has 0 heterocycles. The van der Waals surface area contributed by atoms with Gasteiger partial charge >= 0.3 is 6.09 Å². The van der Waals surface area contributed by atoms with Crippen LogP contribution in [0.1, 0.15) is 34.1 Å². The summed E-state index contributed by atoms with van der Waals surface area (Å²) in [6.07, 6.45) is 0.643. The Morgan fingerprint density at radius 3 is 2.46 bits per heavy atom. The Morgan fingerprint density at radius 1 is 1.54 bits per heavy atom. The maximum absolute atomic E-state index is 11.2. The van der Waals surface area contributed by atoms with Crippen molar-refractivity contribution in [2.75, 3.05) is 4.43 Å². The zero-order valence-corrected chi connectivity index (χ0v) is 10.8. The molecule has 0 aromatic heterocycles. The Balaban J connectivity index is 3.74. The van der Waals surface area contributed by atoms with Gasteiger partial charge in [-0.3, -0.25) is 0 Å². The first-order valence-corrected chi connectivity index (χ1v) is 5.93. The average Bonchev–Trinajstić information content (AvgIpc) is 1.81. The van der Waals surface area contributed by atoms with E-state index < -0.39 is 5.60 Å². The number of halogens is 1. The number of carbonyl (C=O) groups is 1. The van der Waals surface area contributed by atoms with E-state index in [-0.39, 0.29) is 12.1 Å². The molecule has 0 aliphatic carbocycles. The maximum atomic E-state index is 11.2. The molecule has 0 aliphatic heterocycles. The van der Waals surface area contributed by atoms with Gasteiger partial charge in [-0.15, -0.1) is 0 Å². The molecule has 0 spiro atoms. The second-order valence-corrected chi connectivity index (χ2v) is 5.10. The maximum Gasteiger partial charge on any atom is 0.407 e. The van der Waals surface area contributed by atoms with Crippen LogP contribution in [-0.4, -0.2) is 22.2 Å². The smallest absolute Gasteiger partial charge is 0.407 e. The number of nitrogens with one attached hydrogen (secondary N) is 1. The van der Waals surface area contributed by atoms with Crippen LogP contribution in [0.5, 0.6) is 0 Å². The van der Waals surface area contributed by atoms with Crippen LogP contribution in [0.15, 0.2) is 0 Å². The minimum atomic E-state index is -0.409. The molecule has 3 nitrogen and oxygen atoms in total. The van der Waals surface area contributed by atoms with Crippen LogP contribution < -0.4 is 5.32 Å². The van der Waals surface area contributed by atoms with Gasteiger partial charge in [-0.05, 0) is 34.1 Å². The number of alkyl halides is 1. The summed E-state index contributed by atoms with van der Waals surface area (Å²) in [6.45, 7) is 7.54. The van der Waals surface area contributed by atoms with Crippen molar-refractivity contribution in [3.63, 3.8) is 0 Å². The summed E-state index contributed by atoms with van der Waals surface area (Å²) in [5.74, 6) is 0. The third-order valence-corrected chi connectivity index (χ3v) is 1.93.